The highest BCUT2D eigenvalue weighted by Gasteiger charge is 2.11. The summed E-state index contributed by atoms with van der Waals surface area (Å²) < 4.78 is 14.1. The largest absolute Gasteiger partial charge is 0.271 e. The van der Waals surface area contributed by atoms with Gasteiger partial charge < -0.3 is 0 Å². The molecule has 0 aliphatic heterocycles. The summed E-state index contributed by atoms with van der Waals surface area (Å²) in [6.07, 6.45) is 2.85. The molecule has 0 radical (unpaired) electrons. The first kappa shape index (κ1) is 15.2. The molecule has 0 spiro atoms. The van der Waals surface area contributed by atoms with Gasteiger partial charge in [0.05, 0.1) is 0 Å². The van der Waals surface area contributed by atoms with Crippen molar-refractivity contribution in [1.82, 2.24) is 5.43 Å². The second-order valence-electron chi connectivity index (χ2n) is 4.80. The number of benzene rings is 2. The topological polar surface area (TPSA) is 38.0 Å². The van der Waals surface area contributed by atoms with Crippen LogP contribution in [0.4, 0.5) is 4.39 Å². The van der Waals surface area contributed by atoms with Gasteiger partial charge in [0.15, 0.2) is 0 Å². The third-order valence-corrected chi connectivity index (χ3v) is 3.75. The second-order valence-corrected chi connectivity index (χ2v) is 5.72. The molecule has 0 aliphatic carbocycles. The van der Waals surface area contributed by atoms with Gasteiger partial charge in [-0.25, -0.2) is 4.39 Å². The normalized spacial score (nSPS) is 12.3. The monoisotopic (exact) mass is 336 g/mol. The molecule has 3 N–H and O–H groups in total. The van der Waals surface area contributed by atoms with Crippen LogP contribution < -0.4 is 11.3 Å². The summed E-state index contributed by atoms with van der Waals surface area (Å²) in [7, 11) is 0. The Morgan fingerprint density at radius 2 is 1.90 bits per heavy atom. The van der Waals surface area contributed by atoms with Gasteiger partial charge in [-0.05, 0) is 48.6 Å². The van der Waals surface area contributed by atoms with E-state index in [1.165, 1.54) is 17.7 Å². The first-order valence-corrected chi connectivity index (χ1v) is 7.44. The van der Waals surface area contributed by atoms with Crippen molar-refractivity contribution in [2.45, 2.75) is 25.3 Å². The van der Waals surface area contributed by atoms with Crippen LogP contribution in [0, 0.1) is 5.82 Å². The van der Waals surface area contributed by atoms with Crippen molar-refractivity contribution in [2.75, 3.05) is 0 Å². The van der Waals surface area contributed by atoms with Gasteiger partial charge >= 0.3 is 0 Å². The Bertz CT molecular complexity index is 525. The highest BCUT2D eigenvalue weighted by molar-refractivity contribution is 9.10. The molecule has 20 heavy (non-hydrogen) atoms. The molecule has 106 valence electrons. The van der Waals surface area contributed by atoms with E-state index in [1.54, 1.807) is 0 Å². The van der Waals surface area contributed by atoms with Gasteiger partial charge in [0.1, 0.15) is 5.82 Å². The lowest BCUT2D eigenvalue weighted by Crippen LogP contribution is -2.28. The van der Waals surface area contributed by atoms with E-state index in [1.807, 2.05) is 24.3 Å². The minimum Gasteiger partial charge on any atom is -0.271 e. The summed E-state index contributed by atoms with van der Waals surface area (Å²) in [5.74, 6) is 5.34. The number of nitrogens with two attached hydrogens (primary N) is 1. The summed E-state index contributed by atoms with van der Waals surface area (Å²) in [6.45, 7) is 0. The quantitative estimate of drug-likeness (QED) is 0.615. The molecule has 2 aromatic carbocycles. The van der Waals surface area contributed by atoms with Crippen LogP contribution in [-0.2, 0) is 6.42 Å². The van der Waals surface area contributed by atoms with Crippen LogP contribution in [0.5, 0.6) is 0 Å². The molecule has 0 amide bonds. The predicted molar refractivity (Wildman–Crippen MR) is 83.5 cm³/mol. The Morgan fingerprint density at radius 1 is 1.15 bits per heavy atom. The smallest absolute Gasteiger partial charge is 0.124 e. The van der Waals surface area contributed by atoms with Gasteiger partial charge in [0.2, 0.25) is 0 Å². The highest BCUT2D eigenvalue weighted by Crippen LogP contribution is 2.23. The standard InChI is InChI=1S/C16H18BrFN2/c17-14-9-13(10-15(18)11-14)16(20-19)8-4-7-12-5-2-1-3-6-12/h1-3,5-6,9-11,16,20H,4,7-8,19H2. The minimum atomic E-state index is -0.252. The van der Waals surface area contributed by atoms with E-state index in [0.29, 0.717) is 0 Å². The molecule has 0 saturated heterocycles. The van der Waals surface area contributed by atoms with Crippen LogP contribution in [0.25, 0.3) is 0 Å². The van der Waals surface area contributed by atoms with E-state index in [4.69, 9.17) is 5.84 Å². The van der Waals surface area contributed by atoms with Crippen LogP contribution in [0.3, 0.4) is 0 Å². The van der Waals surface area contributed by atoms with Crippen molar-refractivity contribution < 1.29 is 4.39 Å². The Morgan fingerprint density at radius 3 is 2.55 bits per heavy atom. The first-order chi connectivity index (χ1) is 9.69. The molecule has 0 bridgehead atoms. The van der Waals surface area contributed by atoms with Crippen LogP contribution in [-0.4, -0.2) is 0 Å². The van der Waals surface area contributed by atoms with Gasteiger partial charge in [-0.1, -0.05) is 46.3 Å². The Labute approximate surface area is 127 Å². The number of nitrogens with one attached hydrogen (secondary N) is 1. The maximum Gasteiger partial charge on any atom is 0.124 e. The molecule has 1 unspecified atom stereocenters. The molecular weight excluding hydrogens is 319 g/mol. The van der Waals surface area contributed by atoms with Crippen LogP contribution >= 0.6 is 15.9 Å². The molecule has 2 rings (SSSR count). The zero-order chi connectivity index (χ0) is 14.4. The van der Waals surface area contributed by atoms with E-state index < -0.39 is 0 Å². The van der Waals surface area contributed by atoms with Crippen LogP contribution in [0.2, 0.25) is 0 Å². The van der Waals surface area contributed by atoms with Crippen LogP contribution in [0.15, 0.2) is 53.0 Å². The second kappa shape index (κ2) is 7.53. The number of hydrogen-bond donors (Lipinski definition) is 2. The van der Waals surface area contributed by atoms with E-state index in [0.717, 1.165) is 29.3 Å². The summed E-state index contributed by atoms with van der Waals surface area (Å²) >= 11 is 3.31. The number of hydrazine groups is 1. The average Bonchev–Trinajstić information content (AvgIpc) is 2.43. The zero-order valence-electron chi connectivity index (χ0n) is 11.2. The third-order valence-electron chi connectivity index (χ3n) is 3.29. The Balaban J connectivity index is 1.95. The summed E-state index contributed by atoms with van der Waals surface area (Å²) in [4.78, 5) is 0. The molecule has 2 aromatic rings. The van der Waals surface area contributed by atoms with Gasteiger partial charge in [0.25, 0.3) is 0 Å². The number of halogens is 2. The summed E-state index contributed by atoms with van der Waals surface area (Å²) in [5.41, 5.74) is 4.95. The molecule has 0 saturated carbocycles. The van der Waals surface area contributed by atoms with E-state index in [2.05, 4.69) is 33.5 Å². The van der Waals surface area contributed by atoms with Crippen molar-refractivity contribution >= 4 is 15.9 Å². The average molecular weight is 337 g/mol. The minimum absolute atomic E-state index is 0.0364. The Kier molecular flexibility index (Phi) is 5.71. The van der Waals surface area contributed by atoms with Gasteiger partial charge in [0, 0.05) is 10.5 Å². The molecule has 0 aliphatic rings. The molecule has 4 heteroatoms. The lowest BCUT2D eigenvalue weighted by molar-refractivity contribution is 0.494. The van der Waals surface area contributed by atoms with E-state index >= 15 is 0 Å². The number of aryl methyl sites for hydroxylation is 1. The molecule has 0 aromatic heterocycles. The maximum absolute atomic E-state index is 13.4. The lowest BCUT2D eigenvalue weighted by Gasteiger charge is -2.16. The van der Waals surface area contributed by atoms with Crippen molar-refractivity contribution in [1.29, 1.82) is 0 Å². The SMILES string of the molecule is NNC(CCCc1ccccc1)c1cc(F)cc(Br)c1. The van der Waals surface area contributed by atoms with Gasteiger partial charge in [-0.2, -0.15) is 0 Å². The van der Waals surface area contributed by atoms with E-state index in [9.17, 15) is 4.39 Å². The predicted octanol–water partition coefficient (Wildman–Crippen LogP) is 4.12. The first-order valence-electron chi connectivity index (χ1n) is 6.65. The molecular formula is C16H18BrFN2. The molecule has 2 nitrogen and oxygen atoms in total. The number of hydrogen-bond acceptors (Lipinski definition) is 2. The maximum atomic E-state index is 13.4. The third kappa shape index (κ3) is 4.40. The van der Waals surface area contributed by atoms with E-state index in [-0.39, 0.29) is 11.9 Å². The van der Waals surface area contributed by atoms with Crippen LogP contribution in [0.1, 0.15) is 30.0 Å². The van der Waals surface area contributed by atoms with Crippen molar-refractivity contribution in [3.05, 3.63) is 69.9 Å². The molecule has 0 heterocycles. The highest BCUT2D eigenvalue weighted by atomic mass is 79.9. The van der Waals surface area contributed by atoms with Crippen molar-refractivity contribution in [3.63, 3.8) is 0 Å². The molecule has 0 fully saturated rings. The fraction of sp³-hybridized carbons (Fsp3) is 0.250. The van der Waals surface area contributed by atoms with Crippen molar-refractivity contribution in [3.8, 4) is 0 Å². The summed E-state index contributed by atoms with van der Waals surface area (Å²) in [6, 6.07) is 15.2. The fourth-order valence-corrected chi connectivity index (χ4v) is 2.76. The molecule has 1 atom stereocenters. The van der Waals surface area contributed by atoms with Gasteiger partial charge in [-0.15, -0.1) is 0 Å². The fourth-order valence-electron chi connectivity index (χ4n) is 2.28. The zero-order valence-corrected chi connectivity index (χ0v) is 12.7. The Hall–Kier alpha value is -1.23. The van der Waals surface area contributed by atoms with Crippen molar-refractivity contribution in [2.24, 2.45) is 5.84 Å². The summed E-state index contributed by atoms with van der Waals surface area (Å²) in [5, 5.41) is 0. The number of rotatable bonds is 6. The lowest BCUT2D eigenvalue weighted by atomic mass is 9.99. The van der Waals surface area contributed by atoms with Gasteiger partial charge in [-0.3, -0.25) is 11.3 Å².